The fraction of sp³-hybridized carbons (Fsp3) is 0.846. The summed E-state index contributed by atoms with van der Waals surface area (Å²) in [5.74, 6) is 0.801. The van der Waals surface area contributed by atoms with Gasteiger partial charge in [0, 0.05) is 6.04 Å². The lowest BCUT2D eigenvalue weighted by atomic mass is 9.77. The van der Waals surface area contributed by atoms with Crippen LogP contribution < -0.4 is 5.32 Å². The molecule has 2 aliphatic rings. The molecule has 1 saturated heterocycles. The minimum atomic E-state index is -0.563. The van der Waals surface area contributed by atoms with Gasteiger partial charge in [0.15, 0.2) is 0 Å². The molecular formula is C13H23NO. The molecule has 0 saturated carbocycles. The van der Waals surface area contributed by atoms with E-state index in [-0.39, 0.29) is 6.04 Å². The smallest absolute Gasteiger partial charge is 0.0980 e. The van der Waals surface area contributed by atoms with Gasteiger partial charge in [0.1, 0.15) is 0 Å². The highest BCUT2D eigenvalue weighted by atomic mass is 16.3. The number of hydrogen-bond acceptors (Lipinski definition) is 2. The zero-order valence-corrected chi connectivity index (χ0v) is 9.71. The Morgan fingerprint density at radius 2 is 2.40 bits per heavy atom. The Balaban J connectivity index is 2.02. The first-order valence-corrected chi connectivity index (χ1v) is 6.38. The van der Waals surface area contributed by atoms with E-state index in [9.17, 15) is 5.11 Å². The van der Waals surface area contributed by atoms with Crippen LogP contribution in [0.4, 0.5) is 0 Å². The Kier molecular flexibility index (Phi) is 3.47. The average molecular weight is 209 g/mol. The zero-order valence-electron chi connectivity index (χ0n) is 9.71. The molecule has 0 bridgehead atoms. The highest BCUT2D eigenvalue weighted by molar-refractivity contribution is 5.11. The summed E-state index contributed by atoms with van der Waals surface area (Å²) in [6.45, 7) is 3.33. The third kappa shape index (κ3) is 2.43. The van der Waals surface area contributed by atoms with Gasteiger partial charge in [-0.1, -0.05) is 25.5 Å². The maximum absolute atomic E-state index is 10.6. The van der Waals surface area contributed by atoms with Crippen LogP contribution in [-0.2, 0) is 0 Å². The molecule has 3 unspecified atom stereocenters. The maximum atomic E-state index is 10.6. The number of nitrogens with one attached hydrogen (secondary N) is 1. The third-order valence-electron chi connectivity index (χ3n) is 4.05. The molecule has 3 atom stereocenters. The summed E-state index contributed by atoms with van der Waals surface area (Å²) in [5.41, 5.74) is -0.563. The van der Waals surface area contributed by atoms with E-state index >= 15 is 0 Å². The van der Waals surface area contributed by atoms with Crippen LogP contribution in [0.15, 0.2) is 12.2 Å². The SMILES string of the molecule is CCC1CCNC(C2(O)C=CCCC2)C1. The average Bonchev–Trinajstić information content (AvgIpc) is 2.30. The summed E-state index contributed by atoms with van der Waals surface area (Å²) in [7, 11) is 0. The Morgan fingerprint density at radius 3 is 3.07 bits per heavy atom. The maximum Gasteiger partial charge on any atom is 0.0980 e. The van der Waals surface area contributed by atoms with Gasteiger partial charge in [-0.2, -0.15) is 0 Å². The fourth-order valence-corrected chi connectivity index (χ4v) is 2.91. The molecular weight excluding hydrogens is 186 g/mol. The molecule has 1 heterocycles. The second-order valence-corrected chi connectivity index (χ2v) is 5.09. The van der Waals surface area contributed by atoms with Crippen molar-refractivity contribution < 1.29 is 5.11 Å². The second kappa shape index (κ2) is 4.67. The van der Waals surface area contributed by atoms with Crippen LogP contribution in [0.1, 0.15) is 45.4 Å². The molecule has 86 valence electrons. The van der Waals surface area contributed by atoms with Gasteiger partial charge in [0.05, 0.1) is 5.60 Å². The van der Waals surface area contributed by atoms with Crippen LogP contribution >= 0.6 is 0 Å². The zero-order chi connectivity index (χ0) is 10.7. The number of piperidine rings is 1. The summed E-state index contributed by atoms with van der Waals surface area (Å²) in [4.78, 5) is 0. The monoisotopic (exact) mass is 209 g/mol. The first kappa shape index (κ1) is 11.2. The van der Waals surface area contributed by atoms with Crippen molar-refractivity contribution >= 4 is 0 Å². The minimum absolute atomic E-state index is 0.285. The van der Waals surface area contributed by atoms with Gasteiger partial charge >= 0.3 is 0 Å². The lowest BCUT2D eigenvalue weighted by Crippen LogP contribution is -2.53. The summed E-state index contributed by atoms with van der Waals surface area (Å²) in [5, 5.41) is 14.1. The molecule has 0 radical (unpaired) electrons. The van der Waals surface area contributed by atoms with E-state index in [1.165, 1.54) is 12.8 Å². The molecule has 0 aromatic heterocycles. The summed E-state index contributed by atoms with van der Waals surface area (Å²) in [6, 6.07) is 0.285. The summed E-state index contributed by atoms with van der Waals surface area (Å²) in [6.07, 6.45) is 11.0. The number of hydrogen-bond donors (Lipinski definition) is 2. The van der Waals surface area contributed by atoms with E-state index in [4.69, 9.17) is 0 Å². The van der Waals surface area contributed by atoms with Crippen molar-refractivity contribution in [2.24, 2.45) is 5.92 Å². The van der Waals surface area contributed by atoms with E-state index < -0.39 is 5.60 Å². The van der Waals surface area contributed by atoms with Crippen molar-refractivity contribution in [1.29, 1.82) is 0 Å². The van der Waals surface area contributed by atoms with Gasteiger partial charge in [0.25, 0.3) is 0 Å². The van der Waals surface area contributed by atoms with E-state index in [1.54, 1.807) is 0 Å². The van der Waals surface area contributed by atoms with Crippen molar-refractivity contribution in [3.8, 4) is 0 Å². The molecule has 0 aromatic rings. The minimum Gasteiger partial charge on any atom is -0.384 e. The predicted octanol–water partition coefficient (Wildman–Crippen LogP) is 2.24. The molecule has 2 N–H and O–H groups in total. The second-order valence-electron chi connectivity index (χ2n) is 5.09. The van der Waals surface area contributed by atoms with E-state index in [2.05, 4.69) is 18.3 Å². The first-order chi connectivity index (χ1) is 7.24. The summed E-state index contributed by atoms with van der Waals surface area (Å²) < 4.78 is 0. The number of rotatable bonds is 2. The van der Waals surface area contributed by atoms with Crippen LogP contribution in [0, 0.1) is 5.92 Å². The van der Waals surface area contributed by atoms with Crippen molar-refractivity contribution in [3.05, 3.63) is 12.2 Å². The van der Waals surface area contributed by atoms with Gasteiger partial charge in [-0.15, -0.1) is 0 Å². The highest BCUT2D eigenvalue weighted by Crippen LogP contribution is 2.32. The van der Waals surface area contributed by atoms with Crippen LogP contribution in [0.3, 0.4) is 0 Å². The molecule has 2 nitrogen and oxygen atoms in total. The van der Waals surface area contributed by atoms with Gasteiger partial charge in [-0.05, 0) is 44.6 Å². The van der Waals surface area contributed by atoms with Crippen LogP contribution in [-0.4, -0.2) is 23.3 Å². The van der Waals surface area contributed by atoms with Crippen LogP contribution in [0.5, 0.6) is 0 Å². The number of allylic oxidation sites excluding steroid dienone is 1. The molecule has 1 fully saturated rings. The Bertz CT molecular complexity index is 239. The van der Waals surface area contributed by atoms with Gasteiger partial charge < -0.3 is 10.4 Å². The van der Waals surface area contributed by atoms with E-state index in [0.29, 0.717) is 0 Å². The highest BCUT2D eigenvalue weighted by Gasteiger charge is 2.37. The van der Waals surface area contributed by atoms with Crippen molar-refractivity contribution in [1.82, 2.24) is 5.32 Å². The lowest BCUT2D eigenvalue weighted by Gasteiger charge is -2.41. The molecule has 2 rings (SSSR count). The van der Waals surface area contributed by atoms with Gasteiger partial charge in [0.2, 0.25) is 0 Å². The molecule has 2 heteroatoms. The quantitative estimate of drug-likeness (QED) is 0.684. The van der Waals surface area contributed by atoms with Crippen molar-refractivity contribution in [2.75, 3.05) is 6.54 Å². The standard InChI is InChI=1S/C13H23NO/c1-2-11-6-9-14-12(10-11)13(15)7-4-3-5-8-13/h4,7,11-12,14-15H,2-3,5-6,8-10H2,1H3. The Labute approximate surface area is 92.8 Å². The lowest BCUT2D eigenvalue weighted by molar-refractivity contribution is 0.0153. The third-order valence-corrected chi connectivity index (χ3v) is 4.05. The summed E-state index contributed by atoms with van der Waals surface area (Å²) >= 11 is 0. The molecule has 1 aliphatic carbocycles. The molecule has 15 heavy (non-hydrogen) atoms. The largest absolute Gasteiger partial charge is 0.384 e. The van der Waals surface area contributed by atoms with E-state index in [0.717, 1.165) is 38.1 Å². The predicted molar refractivity (Wildman–Crippen MR) is 62.7 cm³/mol. The van der Waals surface area contributed by atoms with Gasteiger partial charge in [-0.3, -0.25) is 0 Å². The number of aliphatic hydroxyl groups is 1. The van der Waals surface area contributed by atoms with Crippen molar-refractivity contribution in [3.63, 3.8) is 0 Å². The fourth-order valence-electron chi connectivity index (χ4n) is 2.91. The Hall–Kier alpha value is -0.340. The molecule has 0 amide bonds. The molecule has 0 spiro atoms. The Morgan fingerprint density at radius 1 is 1.53 bits per heavy atom. The first-order valence-electron chi connectivity index (χ1n) is 6.38. The molecule has 0 aromatic carbocycles. The normalized spacial score (nSPS) is 41.7. The van der Waals surface area contributed by atoms with Crippen molar-refractivity contribution in [2.45, 2.75) is 57.1 Å². The van der Waals surface area contributed by atoms with Crippen LogP contribution in [0.2, 0.25) is 0 Å². The topological polar surface area (TPSA) is 32.3 Å². The van der Waals surface area contributed by atoms with Crippen LogP contribution in [0.25, 0.3) is 0 Å². The van der Waals surface area contributed by atoms with Gasteiger partial charge in [-0.25, -0.2) is 0 Å². The molecule has 1 aliphatic heterocycles. The van der Waals surface area contributed by atoms with E-state index in [1.807, 2.05) is 6.08 Å².